The zero-order chi connectivity index (χ0) is 9.97. The molecular formula is C11H14O2S. The van der Waals surface area contributed by atoms with Gasteiger partial charge in [0.1, 0.15) is 5.75 Å². The highest BCUT2D eigenvalue weighted by molar-refractivity contribution is 8.00. The largest absolute Gasteiger partial charge is 0.493 e. The van der Waals surface area contributed by atoms with Crippen molar-refractivity contribution in [2.24, 2.45) is 0 Å². The van der Waals surface area contributed by atoms with Gasteiger partial charge in [0.25, 0.3) is 0 Å². The molecule has 1 aliphatic heterocycles. The van der Waals surface area contributed by atoms with Crippen LogP contribution in [0.15, 0.2) is 23.1 Å². The molecule has 0 aliphatic carbocycles. The number of hydrogen-bond acceptors (Lipinski definition) is 3. The summed E-state index contributed by atoms with van der Waals surface area (Å²) in [5, 5.41) is 9.20. The third kappa shape index (κ3) is 2.04. The predicted molar refractivity (Wildman–Crippen MR) is 58.0 cm³/mol. The van der Waals surface area contributed by atoms with E-state index in [1.807, 2.05) is 13.0 Å². The van der Waals surface area contributed by atoms with E-state index in [4.69, 9.17) is 9.84 Å². The number of thioether (sulfide) groups is 1. The summed E-state index contributed by atoms with van der Waals surface area (Å²) in [7, 11) is 0. The lowest BCUT2D eigenvalue weighted by Crippen LogP contribution is -2.01. The van der Waals surface area contributed by atoms with E-state index < -0.39 is 0 Å². The minimum Gasteiger partial charge on any atom is -0.493 e. The van der Waals surface area contributed by atoms with Crippen LogP contribution in [0.25, 0.3) is 0 Å². The Hall–Kier alpha value is -0.670. The molecule has 1 heterocycles. The van der Waals surface area contributed by atoms with Crippen LogP contribution in [-0.4, -0.2) is 23.6 Å². The second-order valence-corrected chi connectivity index (χ2v) is 4.99. The normalized spacial score (nSPS) is 16.1. The average molecular weight is 210 g/mol. The SMILES string of the molecule is CC(CO)Sc1ccc2c(c1)CCO2. The van der Waals surface area contributed by atoms with Gasteiger partial charge in [-0.15, -0.1) is 11.8 Å². The maximum atomic E-state index is 8.94. The summed E-state index contributed by atoms with van der Waals surface area (Å²) in [5.41, 5.74) is 1.29. The van der Waals surface area contributed by atoms with Crippen LogP contribution in [0.4, 0.5) is 0 Å². The van der Waals surface area contributed by atoms with Gasteiger partial charge in [-0.2, -0.15) is 0 Å². The first-order chi connectivity index (χ1) is 6.79. The van der Waals surface area contributed by atoms with E-state index in [1.165, 1.54) is 10.5 Å². The van der Waals surface area contributed by atoms with Crippen LogP contribution in [0.5, 0.6) is 5.75 Å². The quantitative estimate of drug-likeness (QED) is 0.775. The molecular weight excluding hydrogens is 196 g/mol. The van der Waals surface area contributed by atoms with Gasteiger partial charge in [-0.3, -0.25) is 0 Å². The number of aliphatic hydroxyl groups excluding tert-OH is 1. The van der Waals surface area contributed by atoms with Crippen LogP contribution in [0.3, 0.4) is 0 Å². The number of fused-ring (bicyclic) bond motifs is 1. The fraction of sp³-hybridized carbons (Fsp3) is 0.455. The molecule has 14 heavy (non-hydrogen) atoms. The van der Waals surface area contributed by atoms with Crippen molar-refractivity contribution >= 4 is 11.8 Å². The topological polar surface area (TPSA) is 29.5 Å². The van der Waals surface area contributed by atoms with Crippen LogP contribution in [0.1, 0.15) is 12.5 Å². The molecule has 2 rings (SSSR count). The lowest BCUT2D eigenvalue weighted by Gasteiger charge is -2.08. The third-order valence-corrected chi connectivity index (χ3v) is 3.33. The number of ether oxygens (including phenoxy) is 1. The van der Waals surface area contributed by atoms with Crippen molar-refractivity contribution in [3.8, 4) is 5.75 Å². The Balaban J connectivity index is 2.12. The van der Waals surface area contributed by atoms with E-state index in [0.717, 1.165) is 18.8 Å². The molecule has 0 radical (unpaired) electrons. The van der Waals surface area contributed by atoms with Gasteiger partial charge in [-0.25, -0.2) is 0 Å². The van der Waals surface area contributed by atoms with Gasteiger partial charge in [0.05, 0.1) is 13.2 Å². The Morgan fingerprint density at radius 2 is 2.43 bits per heavy atom. The average Bonchev–Trinajstić information content (AvgIpc) is 2.64. The molecule has 0 amide bonds. The zero-order valence-corrected chi connectivity index (χ0v) is 9.01. The van der Waals surface area contributed by atoms with Crippen molar-refractivity contribution in [2.45, 2.75) is 23.5 Å². The maximum Gasteiger partial charge on any atom is 0.122 e. The first kappa shape index (κ1) is 9.87. The number of rotatable bonds is 3. The van der Waals surface area contributed by atoms with Gasteiger partial charge in [0, 0.05) is 16.6 Å². The Bertz CT molecular complexity index is 325. The van der Waals surface area contributed by atoms with Gasteiger partial charge < -0.3 is 9.84 Å². The summed E-state index contributed by atoms with van der Waals surface area (Å²) >= 11 is 1.70. The highest BCUT2D eigenvalue weighted by atomic mass is 32.2. The third-order valence-electron chi connectivity index (χ3n) is 2.26. The van der Waals surface area contributed by atoms with E-state index >= 15 is 0 Å². The minimum atomic E-state index is 0.220. The summed E-state index contributed by atoms with van der Waals surface area (Å²) < 4.78 is 5.43. The Morgan fingerprint density at radius 3 is 3.21 bits per heavy atom. The van der Waals surface area contributed by atoms with Crippen molar-refractivity contribution in [3.63, 3.8) is 0 Å². The van der Waals surface area contributed by atoms with Crippen LogP contribution >= 0.6 is 11.8 Å². The van der Waals surface area contributed by atoms with Crippen molar-refractivity contribution in [1.82, 2.24) is 0 Å². The number of benzene rings is 1. The minimum absolute atomic E-state index is 0.220. The lowest BCUT2D eigenvalue weighted by atomic mass is 10.2. The Morgan fingerprint density at radius 1 is 1.57 bits per heavy atom. The number of aliphatic hydroxyl groups is 1. The van der Waals surface area contributed by atoms with Gasteiger partial charge in [0.15, 0.2) is 0 Å². The molecule has 2 nitrogen and oxygen atoms in total. The molecule has 0 aromatic heterocycles. The van der Waals surface area contributed by atoms with Crippen LogP contribution in [0.2, 0.25) is 0 Å². The molecule has 1 unspecified atom stereocenters. The zero-order valence-electron chi connectivity index (χ0n) is 8.19. The molecule has 1 aromatic carbocycles. The second kappa shape index (κ2) is 4.24. The van der Waals surface area contributed by atoms with Crippen molar-refractivity contribution in [2.75, 3.05) is 13.2 Å². The smallest absolute Gasteiger partial charge is 0.122 e. The fourth-order valence-electron chi connectivity index (χ4n) is 1.51. The van der Waals surface area contributed by atoms with Gasteiger partial charge in [-0.1, -0.05) is 6.92 Å². The van der Waals surface area contributed by atoms with Gasteiger partial charge in [0.2, 0.25) is 0 Å². The van der Waals surface area contributed by atoms with E-state index in [1.54, 1.807) is 11.8 Å². The lowest BCUT2D eigenvalue weighted by molar-refractivity contribution is 0.300. The van der Waals surface area contributed by atoms with E-state index in [-0.39, 0.29) is 11.9 Å². The van der Waals surface area contributed by atoms with Gasteiger partial charge in [-0.05, 0) is 23.8 Å². The predicted octanol–water partition coefficient (Wildman–Crippen LogP) is 2.09. The molecule has 0 bridgehead atoms. The van der Waals surface area contributed by atoms with Crippen molar-refractivity contribution in [1.29, 1.82) is 0 Å². The molecule has 1 N–H and O–H groups in total. The summed E-state index contributed by atoms with van der Waals surface area (Å²) in [6.45, 7) is 3.05. The molecule has 1 atom stereocenters. The second-order valence-electron chi connectivity index (χ2n) is 3.48. The molecule has 76 valence electrons. The van der Waals surface area contributed by atoms with E-state index in [0.29, 0.717) is 0 Å². The number of hydrogen-bond donors (Lipinski definition) is 1. The summed E-state index contributed by atoms with van der Waals surface area (Å²) in [6, 6.07) is 6.24. The summed E-state index contributed by atoms with van der Waals surface area (Å²) in [6.07, 6.45) is 1.01. The first-order valence-corrected chi connectivity index (χ1v) is 5.71. The molecule has 0 spiro atoms. The van der Waals surface area contributed by atoms with E-state index in [9.17, 15) is 0 Å². The molecule has 1 aliphatic rings. The standard InChI is InChI=1S/C11H14O2S/c1-8(7-12)14-10-2-3-11-9(6-10)4-5-13-11/h2-3,6,8,12H,4-5,7H2,1H3. The van der Waals surface area contributed by atoms with Crippen molar-refractivity contribution < 1.29 is 9.84 Å². The molecule has 0 fully saturated rings. The fourth-order valence-corrected chi connectivity index (χ4v) is 2.40. The first-order valence-electron chi connectivity index (χ1n) is 4.83. The Labute approximate surface area is 88.3 Å². The highest BCUT2D eigenvalue weighted by Gasteiger charge is 2.12. The summed E-state index contributed by atoms with van der Waals surface area (Å²) in [5.74, 6) is 1.02. The van der Waals surface area contributed by atoms with Crippen LogP contribution in [0, 0.1) is 0 Å². The monoisotopic (exact) mass is 210 g/mol. The molecule has 0 saturated carbocycles. The molecule has 1 aromatic rings. The molecule has 0 saturated heterocycles. The van der Waals surface area contributed by atoms with Crippen LogP contribution in [-0.2, 0) is 6.42 Å². The maximum absolute atomic E-state index is 8.94. The Kier molecular flexibility index (Phi) is 2.99. The highest BCUT2D eigenvalue weighted by Crippen LogP contribution is 2.31. The molecule has 3 heteroatoms. The van der Waals surface area contributed by atoms with Crippen LogP contribution < -0.4 is 4.74 Å². The summed E-state index contributed by atoms with van der Waals surface area (Å²) in [4.78, 5) is 1.22. The van der Waals surface area contributed by atoms with Gasteiger partial charge >= 0.3 is 0 Å². The van der Waals surface area contributed by atoms with Crippen molar-refractivity contribution in [3.05, 3.63) is 23.8 Å². The van der Waals surface area contributed by atoms with E-state index in [2.05, 4.69) is 12.1 Å².